The fraction of sp³-hybridized carbons (Fsp3) is 0.529. The Kier molecular flexibility index (Phi) is 4.61. The van der Waals surface area contributed by atoms with Crippen LogP contribution in [-0.2, 0) is 11.2 Å². The van der Waals surface area contributed by atoms with E-state index in [1.54, 1.807) is 6.07 Å². The summed E-state index contributed by atoms with van der Waals surface area (Å²) in [7, 11) is 0. The van der Waals surface area contributed by atoms with E-state index in [0.29, 0.717) is 25.1 Å². The van der Waals surface area contributed by atoms with Gasteiger partial charge in [-0.3, -0.25) is 9.59 Å². The maximum Gasteiger partial charge on any atom is 0.254 e. The molecule has 3 rings (SSSR count). The molecule has 0 aromatic heterocycles. The summed E-state index contributed by atoms with van der Waals surface area (Å²) in [5, 5.41) is 5.58. The second kappa shape index (κ2) is 6.66. The molecule has 2 amide bonds. The van der Waals surface area contributed by atoms with E-state index in [1.165, 1.54) is 6.07 Å². The summed E-state index contributed by atoms with van der Waals surface area (Å²) in [6.45, 7) is 0.531. The van der Waals surface area contributed by atoms with Crippen molar-refractivity contribution < 1.29 is 14.0 Å². The number of rotatable bonds is 3. The number of nitrogens with one attached hydrogen (secondary N) is 2. The molecular formula is C17H22FN3O2. The summed E-state index contributed by atoms with van der Waals surface area (Å²) >= 11 is 0. The first-order valence-corrected chi connectivity index (χ1v) is 8.21. The number of amides is 2. The van der Waals surface area contributed by atoms with E-state index in [0.717, 1.165) is 31.2 Å². The van der Waals surface area contributed by atoms with E-state index in [1.807, 2.05) is 0 Å². The van der Waals surface area contributed by atoms with Crippen molar-refractivity contribution in [1.82, 2.24) is 5.32 Å². The van der Waals surface area contributed by atoms with Gasteiger partial charge in [0.15, 0.2) is 0 Å². The van der Waals surface area contributed by atoms with Crippen molar-refractivity contribution in [2.24, 2.45) is 11.7 Å². The molecule has 23 heavy (non-hydrogen) atoms. The first-order chi connectivity index (χ1) is 11.1. The first-order valence-electron chi connectivity index (χ1n) is 8.21. The second-order valence-electron chi connectivity index (χ2n) is 6.40. The van der Waals surface area contributed by atoms with Crippen LogP contribution in [0.15, 0.2) is 12.1 Å². The Hall–Kier alpha value is -1.95. The van der Waals surface area contributed by atoms with Crippen LogP contribution in [0.4, 0.5) is 10.1 Å². The van der Waals surface area contributed by atoms with Gasteiger partial charge in [-0.15, -0.1) is 0 Å². The fourth-order valence-electron chi connectivity index (χ4n) is 3.50. The zero-order chi connectivity index (χ0) is 16.4. The number of hydrogen-bond acceptors (Lipinski definition) is 3. The fourth-order valence-corrected chi connectivity index (χ4v) is 3.50. The van der Waals surface area contributed by atoms with E-state index < -0.39 is 11.7 Å². The van der Waals surface area contributed by atoms with Gasteiger partial charge in [0, 0.05) is 18.2 Å². The minimum Gasteiger partial charge on any atom is -0.349 e. The molecule has 1 fully saturated rings. The van der Waals surface area contributed by atoms with Crippen LogP contribution >= 0.6 is 0 Å². The van der Waals surface area contributed by atoms with E-state index in [-0.39, 0.29) is 23.4 Å². The molecule has 5 nitrogen and oxygen atoms in total. The number of aryl methyl sites for hydroxylation is 1. The predicted molar refractivity (Wildman–Crippen MR) is 85.6 cm³/mol. The second-order valence-corrected chi connectivity index (χ2v) is 6.40. The predicted octanol–water partition coefficient (Wildman–Crippen LogP) is 1.96. The smallest absolute Gasteiger partial charge is 0.254 e. The van der Waals surface area contributed by atoms with Crippen molar-refractivity contribution in [3.05, 3.63) is 29.1 Å². The molecule has 0 spiro atoms. The van der Waals surface area contributed by atoms with Gasteiger partial charge in [0.1, 0.15) is 5.82 Å². The Balaban J connectivity index is 1.78. The van der Waals surface area contributed by atoms with Crippen LogP contribution < -0.4 is 16.4 Å². The van der Waals surface area contributed by atoms with Gasteiger partial charge in [0.25, 0.3) is 5.91 Å². The van der Waals surface area contributed by atoms with Gasteiger partial charge < -0.3 is 16.4 Å². The maximum atomic E-state index is 14.3. The molecule has 0 saturated heterocycles. The third kappa shape index (κ3) is 3.37. The molecule has 6 heteroatoms. The van der Waals surface area contributed by atoms with E-state index in [4.69, 9.17) is 5.73 Å². The Labute approximate surface area is 134 Å². The zero-order valence-corrected chi connectivity index (χ0v) is 13.0. The number of anilines is 1. The van der Waals surface area contributed by atoms with Crippen LogP contribution in [0.5, 0.6) is 0 Å². The Morgan fingerprint density at radius 1 is 1.30 bits per heavy atom. The van der Waals surface area contributed by atoms with Gasteiger partial charge in [-0.1, -0.05) is 12.8 Å². The molecule has 2 unspecified atom stereocenters. The van der Waals surface area contributed by atoms with E-state index >= 15 is 0 Å². The Morgan fingerprint density at radius 2 is 2.09 bits per heavy atom. The standard InChI is InChI=1S/C17H22FN3O2/c18-13-8-15-10(5-6-16(22)20-15)7-12(13)17(23)21-14-4-2-1-3-11(14)9-19/h7-8,11,14H,1-6,9,19H2,(H,20,22)(H,21,23). The molecule has 1 saturated carbocycles. The third-order valence-corrected chi connectivity index (χ3v) is 4.86. The van der Waals surface area contributed by atoms with Crippen LogP contribution in [0.2, 0.25) is 0 Å². The minimum atomic E-state index is -0.608. The van der Waals surface area contributed by atoms with Gasteiger partial charge >= 0.3 is 0 Å². The summed E-state index contributed by atoms with van der Waals surface area (Å²) in [4.78, 5) is 23.8. The van der Waals surface area contributed by atoms with Crippen LogP contribution in [-0.4, -0.2) is 24.4 Å². The van der Waals surface area contributed by atoms with Crippen molar-refractivity contribution >= 4 is 17.5 Å². The molecule has 1 aliphatic carbocycles. The number of halogens is 1. The number of nitrogens with two attached hydrogens (primary N) is 1. The summed E-state index contributed by atoms with van der Waals surface area (Å²) in [6, 6.07) is 2.80. The molecule has 124 valence electrons. The van der Waals surface area contributed by atoms with Gasteiger partial charge in [0.05, 0.1) is 5.56 Å². The largest absolute Gasteiger partial charge is 0.349 e. The SMILES string of the molecule is NCC1CCCCC1NC(=O)c1cc2c(cc1F)NC(=O)CC2. The van der Waals surface area contributed by atoms with E-state index in [2.05, 4.69) is 10.6 Å². The highest BCUT2D eigenvalue weighted by molar-refractivity contribution is 5.98. The molecule has 0 bridgehead atoms. The first kappa shape index (κ1) is 15.9. The summed E-state index contributed by atoms with van der Waals surface area (Å²) in [6.07, 6.45) is 4.95. The monoisotopic (exact) mass is 319 g/mol. The topological polar surface area (TPSA) is 84.2 Å². The molecule has 1 heterocycles. The average molecular weight is 319 g/mol. The molecule has 1 aromatic carbocycles. The maximum absolute atomic E-state index is 14.3. The zero-order valence-electron chi connectivity index (χ0n) is 13.0. The number of hydrogen-bond donors (Lipinski definition) is 3. The lowest BCUT2D eigenvalue weighted by atomic mass is 9.84. The highest BCUT2D eigenvalue weighted by Crippen LogP contribution is 2.27. The molecule has 0 radical (unpaired) electrons. The summed E-state index contributed by atoms with van der Waals surface area (Å²) < 4.78 is 14.3. The highest BCUT2D eigenvalue weighted by Gasteiger charge is 2.27. The number of carbonyl (C=O) groups excluding carboxylic acids is 2. The van der Waals surface area contributed by atoms with Gasteiger partial charge in [-0.2, -0.15) is 0 Å². The number of fused-ring (bicyclic) bond motifs is 1. The van der Waals surface area contributed by atoms with Crippen molar-refractivity contribution in [1.29, 1.82) is 0 Å². The Bertz CT molecular complexity index is 633. The number of benzene rings is 1. The molecule has 2 aliphatic rings. The normalized spacial score (nSPS) is 23.8. The van der Waals surface area contributed by atoms with Crippen molar-refractivity contribution in [3.63, 3.8) is 0 Å². The summed E-state index contributed by atoms with van der Waals surface area (Å²) in [5.74, 6) is -0.870. The van der Waals surface area contributed by atoms with Crippen LogP contribution in [0.25, 0.3) is 0 Å². The minimum absolute atomic E-state index is 0.0105. The average Bonchev–Trinajstić information content (AvgIpc) is 2.54. The Morgan fingerprint density at radius 3 is 2.87 bits per heavy atom. The van der Waals surface area contributed by atoms with E-state index in [9.17, 15) is 14.0 Å². The quantitative estimate of drug-likeness (QED) is 0.796. The summed E-state index contributed by atoms with van der Waals surface area (Å²) in [5.41, 5.74) is 7.09. The van der Waals surface area contributed by atoms with Crippen LogP contribution in [0.3, 0.4) is 0 Å². The van der Waals surface area contributed by atoms with Gasteiger partial charge in [-0.25, -0.2) is 4.39 Å². The highest BCUT2D eigenvalue weighted by atomic mass is 19.1. The van der Waals surface area contributed by atoms with Crippen LogP contribution in [0.1, 0.15) is 48.0 Å². The lowest BCUT2D eigenvalue weighted by Gasteiger charge is -2.31. The molecular weight excluding hydrogens is 297 g/mol. The molecule has 1 aromatic rings. The van der Waals surface area contributed by atoms with Gasteiger partial charge in [-0.05, 0) is 49.4 Å². The molecule has 2 atom stereocenters. The van der Waals surface area contributed by atoms with Crippen molar-refractivity contribution in [3.8, 4) is 0 Å². The van der Waals surface area contributed by atoms with Crippen LogP contribution in [0, 0.1) is 11.7 Å². The number of carbonyl (C=O) groups is 2. The molecule has 4 N–H and O–H groups in total. The van der Waals surface area contributed by atoms with Crippen molar-refractivity contribution in [2.75, 3.05) is 11.9 Å². The van der Waals surface area contributed by atoms with Crippen molar-refractivity contribution in [2.45, 2.75) is 44.6 Å². The lowest BCUT2D eigenvalue weighted by molar-refractivity contribution is -0.116. The molecule has 1 aliphatic heterocycles. The third-order valence-electron chi connectivity index (χ3n) is 4.86. The van der Waals surface area contributed by atoms with Gasteiger partial charge in [0.2, 0.25) is 5.91 Å². The lowest BCUT2D eigenvalue weighted by Crippen LogP contribution is -2.45.